The molecule has 0 saturated heterocycles. The van der Waals surface area contributed by atoms with Gasteiger partial charge in [-0.05, 0) is 23.8 Å². The third kappa shape index (κ3) is 2.04. The van der Waals surface area contributed by atoms with E-state index in [9.17, 15) is 0 Å². The van der Waals surface area contributed by atoms with Crippen LogP contribution in [0.5, 0.6) is 5.75 Å². The number of nitrogens with zero attached hydrogens (tertiary/aromatic N) is 2. The SMILES string of the molecule is COc1ccc(C(N)c2nn(C)c3ccccc23)cc1. The van der Waals surface area contributed by atoms with Gasteiger partial charge in [-0.25, -0.2) is 0 Å². The van der Waals surface area contributed by atoms with Crippen LogP contribution in [-0.4, -0.2) is 16.9 Å². The van der Waals surface area contributed by atoms with E-state index < -0.39 is 0 Å². The highest BCUT2D eigenvalue weighted by atomic mass is 16.5. The minimum atomic E-state index is -0.244. The molecule has 0 aliphatic carbocycles. The van der Waals surface area contributed by atoms with E-state index in [0.717, 1.165) is 27.9 Å². The van der Waals surface area contributed by atoms with Gasteiger partial charge in [0.1, 0.15) is 5.75 Å². The Morgan fingerprint density at radius 1 is 1.10 bits per heavy atom. The Balaban J connectivity index is 2.05. The summed E-state index contributed by atoms with van der Waals surface area (Å²) in [5.41, 5.74) is 9.38. The Kier molecular flexibility index (Phi) is 3.16. The summed E-state index contributed by atoms with van der Waals surface area (Å²) in [6.07, 6.45) is 0. The highest BCUT2D eigenvalue weighted by molar-refractivity contribution is 5.82. The lowest BCUT2D eigenvalue weighted by molar-refractivity contribution is 0.414. The Bertz CT molecular complexity index is 731. The maximum Gasteiger partial charge on any atom is 0.118 e. The van der Waals surface area contributed by atoms with Gasteiger partial charge in [0, 0.05) is 12.4 Å². The molecule has 102 valence electrons. The lowest BCUT2D eigenvalue weighted by atomic mass is 10.0. The van der Waals surface area contributed by atoms with Gasteiger partial charge in [0.2, 0.25) is 0 Å². The summed E-state index contributed by atoms with van der Waals surface area (Å²) in [6, 6.07) is 15.7. The van der Waals surface area contributed by atoms with Crippen molar-refractivity contribution in [3.8, 4) is 5.75 Å². The van der Waals surface area contributed by atoms with Crippen molar-refractivity contribution in [3.63, 3.8) is 0 Å². The largest absolute Gasteiger partial charge is 0.497 e. The first-order valence-electron chi connectivity index (χ1n) is 6.52. The van der Waals surface area contributed by atoms with Crippen LogP contribution in [0.25, 0.3) is 10.9 Å². The molecule has 0 spiro atoms. The van der Waals surface area contributed by atoms with E-state index in [4.69, 9.17) is 10.5 Å². The van der Waals surface area contributed by atoms with Gasteiger partial charge in [0.25, 0.3) is 0 Å². The Morgan fingerprint density at radius 2 is 1.80 bits per heavy atom. The number of nitrogens with two attached hydrogens (primary N) is 1. The van der Waals surface area contributed by atoms with Gasteiger partial charge >= 0.3 is 0 Å². The van der Waals surface area contributed by atoms with E-state index in [0.29, 0.717) is 0 Å². The van der Waals surface area contributed by atoms with Crippen molar-refractivity contribution in [1.29, 1.82) is 0 Å². The van der Waals surface area contributed by atoms with Crippen LogP contribution in [0.2, 0.25) is 0 Å². The van der Waals surface area contributed by atoms with Crippen LogP contribution in [0.15, 0.2) is 48.5 Å². The van der Waals surface area contributed by atoms with Crippen molar-refractivity contribution in [3.05, 3.63) is 59.8 Å². The zero-order valence-electron chi connectivity index (χ0n) is 11.6. The molecule has 1 heterocycles. The number of methoxy groups -OCH3 is 1. The van der Waals surface area contributed by atoms with E-state index in [2.05, 4.69) is 11.2 Å². The maximum absolute atomic E-state index is 6.37. The maximum atomic E-state index is 6.37. The van der Waals surface area contributed by atoms with Crippen LogP contribution in [0.3, 0.4) is 0 Å². The van der Waals surface area contributed by atoms with E-state index >= 15 is 0 Å². The van der Waals surface area contributed by atoms with Crippen LogP contribution in [0.1, 0.15) is 17.3 Å². The molecule has 3 rings (SSSR count). The minimum Gasteiger partial charge on any atom is -0.497 e. The molecule has 4 nitrogen and oxygen atoms in total. The number of rotatable bonds is 3. The number of fused-ring (bicyclic) bond motifs is 1. The predicted octanol–water partition coefficient (Wildman–Crippen LogP) is 2.63. The van der Waals surface area contributed by atoms with Gasteiger partial charge in [0.05, 0.1) is 24.4 Å². The lowest BCUT2D eigenvalue weighted by Crippen LogP contribution is -2.13. The fraction of sp³-hybridized carbons (Fsp3) is 0.188. The van der Waals surface area contributed by atoms with Crippen molar-refractivity contribution in [1.82, 2.24) is 9.78 Å². The predicted molar refractivity (Wildman–Crippen MR) is 79.7 cm³/mol. The van der Waals surface area contributed by atoms with E-state index in [-0.39, 0.29) is 6.04 Å². The first-order chi connectivity index (χ1) is 9.70. The smallest absolute Gasteiger partial charge is 0.118 e. The number of hydrogen-bond acceptors (Lipinski definition) is 3. The monoisotopic (exact) mass is 267 g/mol. The first kappa shape index (κ1) is 12.7. The summed E-state index contributed by atoms with van der Waals surface area (Å²) >= 11 is 0. The molecular weight excluding hydrogens is 250 g/mol. The van der Waals surface area contributed by atoms with Gasteiger partial charge in [-0.3, -0.25) is 4.68 Å². The Labute approximate surface area is 117 Å². The van der Waals surface area contributed by atoms with Crippen molar-refractivity contribution in [2.45, 2.75) is 6.04 Å². The molecule has 2 N–H and O–H groups in total. The van der Waals surface area contributed by atoms with Gasteiger partial charge in [-0.15, -0.1) is 0 Å². The minimum absolute atomic E-state index is 0.244. The average molecular weight is 267 g/mol. The number of para-hydroxylation sites is 1. The number of benzene rings is 2. The molecule has 0 saturated carbocycles. The van der Waals surface area contributed by atoms with Gasteiger partial charge in [-0.2, -0.15) is 5.10 Å². The zero-order valence-corrected chi connectivity index (χ0v) is 11.6. The molecule has 0 fully saturated rings. The highest BCUT2D eigenvalue weighted by Gasteiger charge is 2.16. The molecule has 0 aliphatic rings. The molecule has 2 aromatic carbocycles. The van der Waals surface area contributed by atoms with Crippen molar-refractivity contribution in [2.24, 2.45) is 12.8 Å². The summed E-state index contributed by atoms with van der Waals surface area (Å²) in [4.78, 5) is 0. The normalized spacial score (nSPS) is 12.6. The molecule has 1 aromatic heterocycles. The number of aromatic nitrogens is 2. The van der Waals surface area contributed by atoms with E-state index in [1.165, 1.54) is 0 Å². The second-order valence-electron chi connectivity index (χ2n) is 4.78. The van der Waals surface area contributed by atoms with Crippen LogP contribution >= 0.6 is 0 Å². The molecule has 20 heavy (non-hydrogen) atoms. The van der Waals surface area contributed by atoms with Gasteiger partial charge < -0.3 is 10.5 Å². The molecule has 4 heteroatoms. The fourth-order valence-corrected chi connectivity index (χ4v) is 2.44. The second-order valence-corrected chi connectivity index (χ2v) is 4.78. The van der Waals surface area contributed by atoms with Crippen molar-refractivity contribution < 1.29 is 4.74 Å². The van der Waals surface area contributed by atoms with Crippen molar-refractivity contribution in [2.75, 3.05) is 7.11 Å². The Morgan fingerprint density at radius 3 is 2.50 bits per heavy atom. The summed E-state index contributed by atoms with van der Waals surface area (Å²) in [7, 11) is 3.59. The number of hydrogen-bond donors (Lipinski definition) is 1. The summed E-state index contributed by atoms with van der Waals surface area (Å²) in [5, 5.41) is 5.66. The highest BCUT2D eigenvalue weighted by Crippen LogP contribution is 2.27. The molecule has 1 unspecified atom stereocenters. The molecule has 1 atom stereocenters. The number of aryl methyl sites for hydroxylation is 1. The van der Waals surface area contributed by atoms with E-state index in [1.807, 2.05) is 54.2 Å². The molecule has 0 bridgehead atoms. The molecular formula is C16H17N3O. The van der Waals surface area contributed by atoms with E-state index in [1.54, 1.807) is 7.11 Å². The summed E-state index contributed by atoms with van der Waals surface area (Å²) in [6.45, 7) is 0. The quantitative estimate of drug-likeness (QED) is 0.793. The second kappa shape index (κ2) is 4.98. The average Bonchev–Trinajstić information content (AvgIpc) is 2.84. The van der Waals surface area contributed by atoms with Crippen LogP contribution in [0.4, 0.5) is 0 Å². The van der Waals surface area contributed by atoms with Crippen LogP contribution in [-0.2, 0) is 7.05 Å². The number of ether oxygens (including phenoxy) is 1. The van der Waals surface area contributed by atoms with Crippen LogP contribution in [0, 0.1) is 0 Å². The molecule has 3 aromatic rings. The molecule has 0 radical (unpaired) electrons. The first-order valence-corrected chi connectivity index (χ1v) is 6.52. The fourth-order valence-electron chi connectivity index (χ4n) is 2.44. The van der Waals surface area contributed by atoms with Crippen molar-refractivity contribution >= 4 is 10.9 Å². The standard InChI is InChI=1S/C16H17N3O/c1-19-14-6-4-3-5-13(14)16(18-19)15(17)11-7-9-12(20-2)10-8-11/h3-10,15H,17H2,1-2H3. The molecule has 0 aliphatic heterocycles. The third-order valence-electron chi connectivity index (χ3n) is 3.56. The summed E-state index contributed by atoms with van der Waals surface area (Å²) in [5.74, 6) is 0.826. The third-order valence-corrected chi connectivity index (χ3v) is 3.56. The van der Waals surface area contributed by atoms with Gasteiger partial charge in [0.15, 0.2) is 0 Å². The van der Waals surface area contributed by atoms with Crippen LogP contribution < -0.4 is 10.5 Å². The Hall–Kier alpha value is -2.33. The lowest BCUT2D eigenvalue weighted by Gasteiger charge is -2.10. The topological polar surface area (TPSA) is 53.1 Å². The zero-order chi connectivity index (χ0) is 14.1. The molecule has 0 amide bonds. The summed E-state index contributed by atoms with van der Waals surface area (Å²) < 4.78 is 7.04. The van der Waals surface area contributed by atoms with Gasteiger partial charge in [-0.1, -0.05) is 30.3 Å².